The summed E-state index contributed by atoms with van der Waals surface area (Å²) in [5, 5.41) is 9.83. The van der Waals surface area contributed by atoms with Gasteiger partial charge in [0, 0.05) is 12.8 Å². The van der Waals surface area contributed by atoms with E-state index in [1.54, 1.807) is 0 Å². The first-order valence-corrected chi connectivity index (χ1v) is 4.51. The molecule has 2 N–H and O–H groups in total. The molecule has 3 heteroatoms. The second kappa shape index (κ2) is 4.24. The minimum atomic E-state index is 0.106. The molecule has 0 saturated carbocycles. The molecular weight excluding hydrogens is 178 g/mol. The van der Waals surface area contributed by atoms with Gasteiger partial charge in [0.25, 0.3) is 0 Å². The molecule has 1 aliphatic heterocycles. The molecule has 0 saturated heterocycles. The van der Waals surface area contributed by atoms with Gasteiger partial charge in [0.05, 0.1) is 6.42 Å². The van der Waals surface area contributed by atoms with Gasteiger partial charge in [-0.25, -0.2) is 0 Å². The highest BCUT2D eigenvalue weighted by Crippen LogP contribution is 2.25. The van der Waals surface area contributed by atoms with Crippen LogP contribution in [0.1, 0.15) is 16.7 Å². The highest BCUT2D eigenvalue weighted by Gasteiger charge is 2.17. The van der Waals surface area contributed by atoms with Crippen molar-refractivity contribution < 1.29 is 9.90 Å². The minimum absolute atomic E-state index is 0.106. The Morgan fingerprint density at radius 2 is 1.79 bits per heavy atom. The lowest BCUT2D eigenvalue weighted by Gasteiger charge is -2.03. The molecule has 0 spiro atoms. The summed E-state index contributed by atoms with van der Waals surface area (Å²) in [6, 6.07) is 4.12. The monoisotopic (exact) mass is 193 g/mol. The zero-order valence-corrected chi connectivity index (χ0v) is 8.72. The zero-order valence-electron chi connectivity index (χ0n) is 8.72. The van der Waals surface area contributed by atoms with Gasteiger partial charge < -0.3 is 10.4 Å². The van der Waals surface area contributed by atoms with Crippen molar-refractivity contribution in [3.63, 3.8) is 0 Å². The summed E-state index contributed by atoms with van der Waals surface area (Å²) >= 11 is 0. The summed E-state index contributed by atoms with van der Waals surface area (Å²) in [5.41, 5.74) is 4.60. The van der Waals surface area contributed by atoms with Gasteiger partial charge in [-0.05, 0) is 36.6 Å². The highest BCUT2D eigenvalue weighted by molar-refractivity contribution is 5.99. The van der Waals surface area contributed by atoms with Crippen molar-refractivity contribution in [1.82, 2.24) is 0 Å². The van der Waals surface area contributed by atoms with Gasteiger partial charge in [0.1, 0.15) is 0 Å². The van der Waals surface area contributed by atoms with Gasteiger partial charge in [0.15, 0.2) is 0 Å². The Hall–Kier alpha value is -1.35. The summed E-state index contributed by atoms with van der Waals surface area (Å²) in [7, 11) is 1.00. The third kappa shape index (κ3) is 1.93. The standard InChI is InChI=1S/C10H11NO.CH4O/c1-6-3-8-5-10(12)11-9(8)4-7(6)2;1-2/h3-4H,5H2,1-2H3,(H,11,12);2H,1H3. The van der Waals surface area contributed by atoms with Crippen molar-refractivity contribution in [2.45, 2.75) is 20.3 Å². The van der Waals surface area contributed by atoms with Crippen molar-refractivity contribution in [2.75, 3.05) is 12.4 Å². The number of aliphatic hydroxyl groups excluding tert-OH is 1. The first-order valence-electron chi connectivity index (χ1n) is 4.51. The number of aryl methyl sites for hydroxylation is 2. The molecule has 1 amide bonds. The quantitative estimate of drug-likeness (QED) is 0.654. The first-order chi connectivity index (χ1) is 6.66. The minimum Gasteiger partial charge on any atom is -0.400 e. The number of hydrogen-bond acceptors (Lipinski definition) is 2. The Morgan fingerprint density at radius 3 is 2.43 bits per heavy atom. The third-order valence-electron chi connectivity index (χ3n) is 2.34. The molecule has 1 heterocycles. The van der Waals surface area contributed by atoms with E-state index in [1.807, 2.05) is 6.07 Å². The van der Waals surface area contributed by atoms with Crippen molar-refractivity contribution in [2.24, 2.45) is 0 Å². The van der Waals surface area contributed by atoms with Gasteiger partial charge in [-0.1, -0.05) is 6.07 Å². The maximum Gasteiger partial charge on any atom is 0.228 e. The van der Waals surface area contributed by atoms with Crippen LogP contribution < -0.4 is 5.32 Å². The molecule has 76 valence electrons. The topological polar surface area (TPSA) is 49.3 Å². The first kappa shape index (κ1) is 10.7. The smallest absolute Gasteiger partial charge is 0.228 e. The summed E-state index contributed by atoms with van der Waals surface area (Å²) in [6.45, 7) is 4.12. The predicted molar refractivity (Wildman–Crippen MR) is 56.4 cm³/mol. The molecule has 0 fully saturated rings. The molecule has 1 aliphatic rings. The summed E-state index contributed by atoms with van der Waals surface area (Å²) in [4.78, 5) is 11.0. The number of carbonyl (C=O) groups is 1. The Bertz CT molecular complexity index is 326. The largest absolute Gasteiger partial charge is 0.400 e. The van der Waals surface area contributed by atoms with Gasteiger partial charge in [-0.15, -0.1) is 0 Å². The molecule has 0 radical (unpaired) electrons. The van der Waals surface area contributed by atoms with E-state index in [2.05, 4.69) is 25.2 Å². The lowest BCUT2D eigenvalue weighted by Crippen LogP contribution is -2.03. The number of carbonyl (C=O) groups excluding carboxylic acids is 1. The van der Waals surface area contributed by atoms with Crippen LogP contribution in [0.5, 0.6) is 0 Å². The average Bonchev–Trinajstić information content (AvgIpc) is 2.49. The van der Waals surface area contributed by atoms with Crippen LogP contribution in [-0.4, -0.2) is 18.1 Å². The lowest BCUT2D eigenvalue weighted by molar-refractivity contribution is -0.115. The van der Waals surface area contributed by atoms with Crippen LogP contribution in [0, 0.1) is 13.8 Å². The van der Waals surface area contributed by atoms with Crippen LogP contribution in [0.2, 0.25) is 0 Å². The van der Waals surface area contributed by atoms with Crippen LogP contribution in [-0.2, 0) is 11.2 Å². The molecule has 0 bridgehead atoms. The molecule has 2 rings (SSSR count). The Labute approximate surface area is 83.8 Å². The molecule has 3 nitrogen and oxygen atoms in total. The fourth-order valence-corrected chi connectivity index (χ4v) is 1.51. The number of aliphatic hydroxyl groups is 1. The second-order valence-corrected chi connectivity index (χ2v) is 3.32. The number of nitrogens with one attached hydrogen (secondary N) is 1. The summed E-state index contributed by atoms with van der Waals surface area (Å²) in [6.07, 6.45) is 0.538. The van der Waals surface area contributed by atoms with E-state index < -0.39 is 0 Å². The molecule has 0 atom stereocenters. The Kier molecular flexibility index (Phi) is 3.25. The second-order valence-electron chi connectivity index (χ2n) is 3.32. The number of fused-ring (bicyclic) bond motifs is 1. The maximum absolute atomic E-state index is 11.0. The molecule has 0 aromatic heterocycles. The molecule has 0 unspecified atom stereocenters. The summed E-state index contributed by atoms with van der Waals surface area (Å²) in [5.74, 6) is 0.106. The van der Waals surface area contributed by atoms with Gasteiger partial charge in [-0.3, -0.25) is 4.79 Å². The average molecular weight is 193 g/mol. The van der Waals surface area contributed by atoms with Crippen LogP contribution in [0.4, 0.5) is 5.69 Å². The maximum atomic E-state index is 11.0. The van der Waals surface area contributed by atoms with Crippen molar-refractivity contribution in [1.29, 1.82) is 0 Å². The molecular formula is C11H15NO2. The highest BCUT2D eigenvalue weighted by atomic mass is 16.2. The number of rotatable bonds is 0. The SMILES string of the molecule is CO.Cc1cc2c(cc1C)NC(=O)C2. The molecule has 1 aromatic carbocycles. The Morgan fingerprint density at radius 1 is 1.21 bits per heavy atom. The van der Waals surface area contributed by atoms with Crippen molar-refractivity contribution in [3.8, 4) is 0 Å². The van der Waals surface area contributed by atoms with Crippen molar-refractivity contribution >= 4 is 11.6 Å². The predicted octanol–water partition coefficient (Wildman–Crippen LogP) is 1.41. The molecule has 14 heavy (non-hydrogen) atoms. The van der Waals surface area contributed by atoms with Crippen molar-refractivity contribution in [3.05, 3.63) is 28.8 Å². The third-order valence-corrected chi connectivity index (χ3v) is 2.34. The fraction of sp³-hybridized carbons (Fsp3) is 0.364. The van der Waals surface area contributed by atoms with Gasteiger partial charge in [-0.2, -0.15) is 0 Å². The molecule has 1 aromatic rings. The zero-order chi connectivity index (χ0) is 10.7. The lowest BCUT2D eigenvalue weighted by atomic mass is 10.0. The van der Waals surface area contributed by atoms with Crippen LogP contribution in [0.25, 0.3) is 0 Å². The van der Waals surface area contributed by atoms with E-state index in [4.69, 9.17) is 5.11 Å². The number of hydrogen-bond donors (Lipinski definition) is 2. The van der Waals surface area contributed by atoms with Crippen LogP contribution in [0.15, 0.2) is 12.1 Å². The normalized spacial score (nSPS) is 12.7. The Balaban J connectivity index is 0.000000461. The van der Waals surface area contributed by atoms with Gasteiger partial charge >= 0.3 is 0 Å². The van der Waals surface area contributed by atoms with E-state index in [1.165, 1.54) is 11.1 Å². The van der Waals surface area contributed by atoms with Crippen LogP contribution in [0.3, 0.4) is 0 Å². The number of benzene rings is 1. The molecule has 0 aliphatic carbocycles. The fourth-order valence-electron chi connectivity index (χ4n) is 1.51. The van der Waals surface area contributed by atoms with E-state index in [-0.39, 0.29) is 5.91 Å². The number of amides is 1. The van der Waals surface area contributed by atoms with E-state index in [0.717, 1.165) is 18.4 Å². The number of anilines is 1. The van der Waals surface area contributed by atoms with Gasteiger partial charge in [0.2, 0.25) is 5.91 Å². The summed E-state index contributed by atoms with van der Waals surface area (Å²) < 4.78 is 0. The van der Waals surface area contributed by atoms with E-state index >= 15 is 0 Å². The van der Waals surface area contributed by atoms with Crippen LogP contribution >= 0.6 is 0 Å². The van der Waals surface area contributed by atoms with E-state index in [0.29, 0.717) is 6.42 Å². The van der Waals surface area contributed by atoms with E-state index in [9.17, 15) is 4.79 Å².